The zero-order valence-electron chi connectivity index (χ0n) is 16.1. The summed E-state index contributed by atoms with van der Waals surface area (Å²) in [6.45, 7) is 6.70. The summed E-state index contributed by atoms with van der Waals surface area (Å²) >= 11 is 6.85. The third-order valence-corrected chi connectivity index (χ3v) is 5.30. The summed E-state index contributed by atoms with van der Waals surface area (Å²) < 4.78 is 5.70. The van der Waals surface area contributed by atoms with Crippen LogP contribution in [0.5, 0.6) is 11.5 Å². The van der Waals surface area contributed by atoms with E-state index in [4.69, 9.17) is 4.74 Å². The van der Waals surface area contributed by atoms with Gasteiger partial charge in [-0.2, -0.15) is 0 Å². The van der Waals surface area contributed by atoms with E-state index in [1.807, 2.05) is 48.5 Å². The highest BCUT2D eigenvalue weighted by atomic mass is 79.9. The van der Waals surface area contributed by atoms with Crippen LogP contribution in [0.15, 0.2) is 78.9 Å². The van der Waals surface area contributed by atoms with Crippen molar-refractivity contribution < 1.29 is 4.74 Å². The molecule has 3 rings (SSSR count). The van der Waals surface area contributed by atoms with Gasteiger partial charge in [-0.15, -0.1) is 0 Å². The van der Waals surface area contributed by atoms with Gasteiger partial charge in [0.25, 0.3) is 0 Å². The molecule has 0 N–H and O–H groups in total. The van der Waals surface area contributed by atoms with Crippen LogP contribution in [0.2, 0.25) is 0 Å². The Labute approximate surface area is 180 Å². The SMILES string of the molecule is BrCc1cccc(Oc2ccccc2)c1.CC(C)(C)c1ccc(CBr)cc1. The molecule has 0 aliphatic rings. The summed E-state index contributed by atoms with van der Waals surface area (Å²) in [5, 5.41) is 1.79. The van der Waals surface area contributed by atoms with Crippen LogP contribution in [-0.2, 0) is 16.1 Å². The number of benzene rings is 3. The normalized spacial score (nSPS) is 10.7. The third-order valence-electron chi connectivity index (χ3n) is 4.01. The molecule has 0 unspecified atom stereocenters. The standard InChI is InChI=1S/C13H11BrO.C11H15Br/c14-10-11-5-4-8-13(9-11)15-12-6-2-1-3-7-12;1-11(2,3)10-6-4-9(8-12)5-7-10/h1-9H,10H2;4-7H,8H2,1-3H3. The van der Waals surface area contributed by atoms with Gasteiger partial charge in [-0.3, -0.25) is 0 Å². The lowest BCUT2D eigenvalue weighted by Gasteiger charge is -2.18. The summed E-state index contributed by atoms with van der Waals surface area (Å²) in [5.41, 5.74) is 4.21. The van der Waals surface area contributed by atoms with Gasteiger partial charge in [0.05, 0.1) is 0 Å². The molecule has 0 saturated carbocycles. The molecule has 1 nitrogen and oxygen atoms in total. The fourth-order valence-corrected chi connectivity index (χ4v) is 3.13. The monoisotopic (exact) mass is 488 g/mol. The van der Waals surface area contributed by atoms with Crippen LogP contribution >= 0.6 is 31.9 Å². The highest BCUT2D eigenvalue weighted by Gasteiger charge is 2.12. The summed E-state index contributed by atoms with van der Waals surface area (Å²) in [6.07, 6.45) is 0. The second-order valence-corrected chi connectivity index (χ2v) is 8.40. The van der Waals surface area contributed by atoms with E-state index >= 15 is 0 Å². The number of hydrogen-bond donors (Lipinski definition) is 0. The predicted molar refractivity (Wildman–Crippen MR) is 123 cm³/mol. The van der Waals surface area contributed by atoms with E-state index in [0.717, 1.165) is 22.2 Å². The maximum absolute atomic E-state index is 5.70. The van der Waals surface area contributed by atoms with Gasteiger partial charge in [-0.25, -0.2) is 0 Å². The van der Waals surface area contributed by atoms with Crippen LogP contribution in [0.1, 0.15) is 37.5 Å². The van der Waals surface area contributed by atoms with Gasteiger partial charge in [0, 0.05) is 10.7 Å². The van der Waals surface area contributed by atoms with Gasteiger partial charge >= 0.3 is 0 Å². The van der Waals surface area contributed by atoms with Gasteiger partial charge in [0.15, 0.2) is 0 Å². The van der Waals surface area contributed by atoms with Crippen molar-refractivity contribution in [2.75, 3.05) is 0 Å². The number of rotatable bonds is 4. The van der Waals surface area contributed by atoms with Crippen LogP contribution in [0.3, 0.4) is 0 Å². The molecule has 27 heavy (non-hydrogen) atoms. The molecule has 3 heteroatoms. The number of ether oxygens (including phenoxy) is 1. The smallest absolute Gasteiger partial charge is 0.127 e. The Morgan fingerprint density at radius 1 is 0.667 bits per heavy atom. The minimum atomic E-state index is 0.269. The Kier molecular flexibility index (Phi) is 8.59. The van der Waals surface area contributed by atoms with E-state index in [1.54, 1.807) is 0 Å². The van der Waals surface area contributed by atoms with Crippen LogP contribution in [0.4, 0.5) is 0 Å². The fourth-order valence-electron chi connectivity index (χ4n) is 2.41. The molecule has 142 valence electrons. The Morgan fingerprint density at radius 2 is 1.26 bits per heavy atom. The Balaban J connectivity index is 0.000000199. The van der Waals surface area contributed by atoms with Crippen molar-refractivity contribution in [1.29, 1.82) is 0 Å². The number of hydrogen-bond acceptors (Lipinski definition) is 1. The first-order valence-corrected chi connectivity index (χ1v) is 11.2. The molecule has 0 aromatic heterocycles. The maximum atomic E-state index is 5.70. The average Bonchev–Trinajstić information content (AvgIpc) is 2.69. The third kappa shape index (κ3) is 7.51. The molecule has 0 amide bonds. The Bertz CT molecular complexity index is 806. The van der Waals surface area contributed by atoms with Gasteiger partial charge in [-0.1, -0.05) is 107 Å². The molecule has 0 saturated heterocycles. The van der Waals surface area contributed by atoms with Crippen LogP contribution < -0.4 is 4.74 Å². The number of halogens is 2. The molecule has 0 atom stereocenters. The number of para-hydroxylation sites is 1. The Morgan fingerprint density at radius 3 is 1.81 bits per heavy atom. The highest BCUT2D eigenvalue weighted by Crippen LogP contribution is 2.23. The largest absolute Gasteiger partial charge is 0.457 e. The van der Waals surface area contributed by atoms with Crippen LogP contribution in [-0.4, -0.2) is 0 Å². The van der Waals surface area contributed by atoms with E-state index in [0.29, 0.717) is 0 Å². The maximum Gasteiger partial charge on any atom is 0.127 e. The molecule has 0 aliphatic heterocycles. The molecule has 0 spiro atoms. The zero-order valence-corrected chi connectivity index (χ0v) is 19.3. The van der Waals surface area contributed by atoms with Gasteiger partial charge in [-0.05, 0) is 46.4 Å². The van der Waals surface area contributed by atoms with E-state index in [2.05, 4.69) is 83.0 Å². The second-order valence-electron chi connectivity index (χ2n) is 7.28. The van der Waals surface area contributed by atoms with Crippen molar-refractivity contribution in [2.24, 2.45) is 0 Å². The van der Waals surface area contributed by atoms with E-state index in [9.17, 15) is 0 Å². The molecule has 3 aromatic carbocycles. The van der Waals surface area contributed by atoms with Gasteiger partial charge in [0.1, 0.15) is 11.5 Å². The lowest BCUT2D eigenvalue weighted by atomic mass is 9.87. The van der Waals surface area contributed by atoms with Crippen LogP contribution in [0, 0.1) is 0 Å². The first-order chi connectivity index (χ1) is 12.9. The quantitative estimate of drug-likeness (QED) is 0.335. The van der Waals surface area contributed by atoms with Gasteiger partial charge in [0.2, 0.25) is 0 Å². The molecule has 3 aromatic rings. The van der Waals surface area contributed by atoms with Crippen LogP contribution in [0.25, 0.3) is 0 Å². The summed E-state index contributed by atoms with van der Waals surface area (Å²) in [4.78, 5) is 0. The summed E-state index contributed by atoms with van der Waals surface area (Å²) in [5.74, 6) is 1.74. The number of alkyl halides is 2. The minimum absolute atomic E-state index is 0.269. The fraction of sp³-hybridized carbons (Fsp3) is 0.250. The second kappa shape index (κ2) is 10.7. The highest BCUT2D eigenvalue weighted by molar-refractivity contribution is 9.08. The lowest BCUT2D eigenvalue weighted by Crippen LogP contribution is -2.10. The molecule has 0 radical (unpaired) electrons. The van der Waals surface area contributed by atoms with Crippen molar-refractivity contribution in [2.45, 2.75) is 36.8 Å². The molecule has 0 bridgehead atoms. The van der Waals surface area contributed by atoms with E-state index in [-0.39, 0.29) is 5.41 Å². The lowest BCUT2D eigenvalue weighted by molar-refractivity contribution is 0.482. The Hall–Kier alpha value is -1.58. The van der Waals surface area contributed by atoms with Crippen molar-refractivity contribution in [1.82, 2.24) is 0 Å². The van der Waals surface area contributed by atoms with E-state index < -0.39 is 0 Å². The predicted octanol–water partition coefficient (Wildman–Crippen LogP) is 8.25. The average molecular weight is 490 g/mol. The molecular weight excluding hydrogens is 464 g/mol. The topological polar surface area (TPSA) is 9.23 Å². The van der Waals surface area contributed by atoms with Gasteiger partial charge < -0.3 is 4.74 Å². The zero-order chi connectivity index (χ0) is 19.7. The first kappa shape index (κ1) is 21.7. The van der Waals surface area contributed by atoms with E-state index in [1.165, 1.54) is 16.7 Å². The minimum Gasteiger partial charge on any atom is -0.457 e. The molecule has 0 heterocycles. The first-order valence-electron chi connectivity index (χ1n) is 8.95. The molecular formula is C24H26Br2O. The summed E-state index contributed by atoms with van der Waals surface area (Å²) in [6, 6.07) is 26.6. The molecule has 0 aliphatic carbocycles. The van der Waals surface area contributed by atoms with Crippen molar-refractivity contribution in [3.63, 3.8) is 0 Å². The molecule has 0 fully saturated rings. The van der Waals surface area contributed by atoms with Crippen molar-refractivity contribution >= 4 is 31.9 Å². The van der Waals surface area contributed by atoms with Crippen molar-refractivity contribution in [3.05, 3.63) is 95.6 Å². The van der Waals surface area contributed by atoms with Crippen molar-refractivity contribution in [3.8, 4) is 11.5 Å². The summed E-state index contributed by atoms with van der Waals surface area (Å²) in [7, 11) is 0.